The number of imidazole rings is 1. The summed E-state index contributed by atoms with van der Waals surface area (Å²) in [5.41, 5.74) is 4.24. The van der Waals surface area contributed by atoms with Gasteiger partial charge in [-0.2, -0.15) is 5.26 Å². The Bertz CT molecular complexity index is 1360. The minimum absolute atomic E-state index is 0.661. The average molecular weight is 336 g/mol. The van der Waals surface area contributed by atoms with Gasteiger partial charge in [-0.25, -0.2) is 9.97 Å². The molecule has 2 aromatic heterocycles. The number of hydrogen-bond acceptors (Lipinski definition) is 3. The van der Waals surface area contributed by atoms with E-state index in [2.05, 4.69) is 46.8 Å². The first kappa shape index (κ1) is 14.9. The monoisotopic (exact) mass is 336 g/mol. The highest BCUT2D eigenvalue weighted by Gasteiger charge is 2.16. The Balaban J connectivity index is 2.03. The summed E-state index contributed by atoms with van der Waals surface area (Å²) >= 11 is 0. The Kier molecular flexibility index (Phi) is 3.16. The largest absolute Gasteiger partial charge is 0.331 e. The first-order valence-electron chi connectivity index (χ1n) is 8.81. The highest BCUT2D eigenvalue weighted by molar-refractivity contribution is 6.18. The minimum Gasteiger partial charge on any atom is -0.331 e. The lowest BCUT2D eigenvalue weighted by molar-refractivity contribution is 0.697. The van der Waals surface area contributed by atoms with Crippen LogP contribution >= 0.6 is 0 Å². The van der Waals surface area contributed by atoms with Gasteiger partial charge in [0.2, 0.25) is 0 Å². The number of hydrogen-bond donors (Lipinski definition) is 0. The molecule has 0 radical (unpaired) electrons. The fourth-order valence-electron chi connectivity index (χ4n) is 3.86. The van der Waals surface area contributed by atoms with Gasteiger partial charge in [0, 0.05) is 17.3 Å². The van der Waals surface area contributed by atoms with Crippen LogP contribution in [0.15, 0.2) is 54.9 Å². The van der Waals surface area contributed by atoms with Crippen LogP contribution in [0.1, 0.15) is 18.9 Å². The summed E-state index contributed by atoms with van der Waals surface area (Å²) in [4.78, 5) is 9.47. The quantitative estimate of drug-likeness (QED) is 0.330. The third kappa shape index (κ3) is 1.94. The van der Waals surface area contributed by atoms with Gasteiger partial charge in [0.15, 0.2) is 0 Å². The van der Waals surface area contributed by atoms with Crippen LogP contribution in [0.2, 0.25) is 0 Å². The van der Waals surface area contributed by atoms with E-state index < -0.39 is 0 Å². The number of rotatable bonds is 2. The molecule has 0 aliphatic rings. The fourth-order valence-corrected chi connectivity index (χ4v) is 3.86. The predicted molar refractivity (Wildman–Crippen MR) is 105 cm³/mol. The number of pyridine rings is 1. The number of aryl methyl sites for hydroxylation is 1. The minimum atomic E-state index is 0.661. The zero-order valence-electron chi connectivity index (χ0n) is 14.4. The van der Waals surface area contributed by atoms with Crippen molar-refractivity contribution in [2.45, 2.75) is 19.9 Å². The van der Waals surface area contributed by atoms with Gasteiger partial charge >= 0.3 is 0 Å². The van der Waals surface area contributed by atoms with Crippen molar-refractivity contribution >= 4 is 43.6 Å². The summed E-state index contributed by atoms with van der Waals surface area (Å²) in [5.74, 6) is 0. The van der Waals surface area contributed by atoms with E-state index in [4.69, 9.17) is 4.98 Å². The van der Waals surface area contributed by atoms with Gasteiger partial charge in [0.1, 0.15) is 6.07 Å². The third-order valence-corrected chi connectivity index (χ3v) is 4.99. The lowest BCUT2D eigenvalue weighted by Gasteiger charge is -2.09. The van der Waals surface area contributed by atoms with E-state index in [0.29, 0.717) is 5.56 Å². The molecule has 0 saturated heterocycles. The summed E-state index contributed by atoms with van der Waals surface area (Å²) in [6, 6.07) is 18.7. The number of aromatic nitrogens is 3. The van der Waals surface area contributed by atoms with Crippen LogP contribution in [0.4, 0.5) is 0 Å². The highest BCUT2D eigenvalue weighted by atomic mass is 15.0. The van der Waals surface area contributed by atoms with E-state index in [1.165, 1.54) is 0 Å². The maximum absolute atomic E-state index is 10.1. The molecule has 26 heavy (non-hydrogen) atoms. The zero-order valence-corrected chi connectivity index (χ0v) is 14.4. The number of nitriles is 1. The van der Waals surface area contributed by atoms with Crippen LogP contribution < -0.4 is 0 Å². The molecule has 3 aromatic carbocycles. The Morgan fingerprint density at radius 3 is 2.65 bits per heavy atom. The molecule has 124 valence electrons. The number of nitrogens with zero attached hydrogens (tertiary/aromatic N) is 4. The zero-order chi connectivity index (χ0) is 17.7. The Morgan fingerprint density at radius 1 is 1.00 bits per heavy atom. The fraction of sp³-hybridized carbons (Fsp3) is 0.136. The van der Waals surface area contributed by atoms with Crippen LogP contribution in [0.5, 0.6) is 0 Å². The van der Waals surface area contributed by atoms with Gasteiger partial charge in [-0.3, -0.25) is 0 Å². The van der Waals surface area contributed by atoms with Crippen molar-refractivity contribution in [3.8, 4) is 6.07 Å². The second-order valence-electron chi connectivity index (χ2n) is 6.54. The van der Waals surface area contributed by atoms with Crippen molar-refractivity contribution in [3.05, 3.63) is 60.4 Å². The van der Waals surface area contributed by atoms with E-state index >= 15 is 0 Å². The van der Waals surface area contributed by atoms with Gasteiger partial charge in [-0.15, -0.1) is 0 Å². The maximum Gasteiger partial charge on any atom is 0.101 e. The molecule has 2 heterocycles. The molecular formula is C22H16N4. The van der Waals surface area contributed by atoms with Crippen LogP contribution in [0.25, 0.3) is 43.6 Å². The van der Waals surface area contributed by atoms with Crippen molar-refractivity contribution < 1.29 is 0 Å². The summed E-state index contributed by atoms with van der Waals surface area (Å²) in [6.07, 6.45) is 2.90. The molecule has 0 atom stereocenters. The molecule has 0 aliphatic carbocycles. The topological polar surface area (TPSA) is 54.5 Å². The standard InChI is InChI=1S/C22H16N4/c1-2-11-26-13-24-22-19(26)10-9-18-21(22)16(12-23)20-15-6-4-3-5-14(15)7-8-17(20)25-18/h3-10,13H,2,11H2,1H3. The van der Waals surface area contributed by atoms with Gasteiger partial charge in [-0.05, 0) is 35.4 Å². The smallest absolute Gasteiger partial charge is 0.101 e. The molecule has 4 heteroatoms. The Labute approximate surface area is 150 Å². The van der Waals surface area contributed by atoms with E-state index in [1.807, 2.05) is 30.6 Å². The molecule has 0 fully saturated rings. The lowest BCUT2D eigenvalue weighted by atomic mass is 9.97. The molecule has 0 N–H and O–H groups in total. The summed E-state index contributed by atoms with van der Waals surface area (Å²) in [6.45, 7) is 3.06. The molecule has 0 amide bonds. The highest BCUT2D eigenvalue weighted by Crippen LogP contribution is 2.34. The molecule has 0 aliphatic heterocycles. The van der Waals surface area contributed by atoms with E-state index in [9.17, 15) is 5.26 Å². The van der Waals surface area contributed by atoms with E-state index in [0.717, 1.165) is 56.6 Å². The summed E-state index contributed by atoms with van der Waals surface area (Å²) in [5, 5.41) is 14.0. The molecule has 5 rings (SSSR count). The number of benzene rings is 3. The van der Waals surface area contributed by atoms with Crippen LogP contribution in [-0.4, -0.2) is 14.5 Å². The molecule has 0 spiro atoms. The molecule has 4 nitrogen and oxygen atoms in total. The van der Waals surface area contributed by atoms with E-state index in [-0.39, 0.29) is 0 Å². The average Bonchev–Trinajstić information content (AvgIpc) is 3.09. The van der Waals surface area contributed by atoms with Crippen molar-refractivity contribution in [1.29, 1.82) is 5.26 Å². The number of fused-ring (bicyclic) bond motifs is 6. The second-order valence-corrected chi connectivity index (χ2v) is 6.54. The molecule has 0 saturated carbocycles. The van der Waals surface area contributed by atoms with Gasteiger partial charge in [0.05, 0.1) is 34.0 Å². The van der Waals surface area contributed by atoms with Crippen molar-refractivity contribution in [1.82, 2.24) is 14.5 Å². The van der Waals surface area contributed by atoms with Gasteiger partial charge < -0.3 is 4.57 Å². The first-order chi connectivity index (χ1) is 12.8. The van der Waals surface area contributed by atoms with Crippen molar-refractivity contribution in [2.24, 2.45) is 0 Å². The van der Waals surface area contributed by atoms with Crippen LogP contribution in [-0.2, 0) is 6.54 Å². The second kappa shape index (κ2) is 5.53. The predicted octanol–water partition coefficient (Wildman–Crippen LogP) is 5.17. The normalized spacial score (nSPS) is 11.5. The molecule has 5 aromatic rings. The van der Waals surface area contributed by atoms with Crippen molar-refractivity contribution in [2.75, 3.05) is 0 Å². The van der Waals surface area contributed by atoms with Crippen molar-refractivity contribution in [3.63, 3.8) is 0 Å². The molecule has 0 bridgehead atoms. The SMILES string of the molecule is CCCn1cnc2c3c(C#N)c4c(ccc5ccccc54)nc3ccc21. The Hall–Kier alpha value is -3.45. The third-order valence-electron chi connectivity index (χ3n) is 4.99. The Morgan fingerprint density at radius 2 is 1.81 bits per heavy atom. The van der Waals surface area contributed by atoms with Crippen LogP contribution in [0.3, 0.4) is 0 Å². The van der Waals surface area contributed by atoms with Gasteiger partial charge in [0.25, 0.3) is 0 Å². The van der Waals surface area contributed by atoms with E-state index in [1.54, 1.807) is 0 Å². The van der Waals surface area contributed by atoms with Gasteiger partial charge in [-0.1, -0.05) is 37.3 Å². The van der Waals surface area contributed by atoms with Crippen LogP contribution in [0, 0.1) is 11.3 Å². The molecule has 0 unspecified atom stereocenters. The first-order valence-corrected chi connectivity index (χ1v) is 8.81. The summed E-state index contributed by atoms with van der Waals surface area (Å²) < 4.78 is 2.14. The maximum atomic E-state index is 10.1. The lowest BCUT2D eigenvalue weighted by Crippen LogP contribution is -1.95. The molecular weight excluding hydrogens is 320 g/mol. The summed E-state index contributed by atoms with van der Waals surface area (Å²) in [7, 11) is 0.